The third-order valence-electron chi connectivity index (χ3n) is 1.93. The average molecular weight is 188 g/mol. The molecule has 0 bridgehead atoms. The lowest BCUT2D eigenvalue weighted by Crippen LogP contribution is -2.45. The third-order valence-corrected chi connectivity index (χ3v) is 1.93. The van der Waals surface area contributed by atoms with Gasteiger partial charge in [-0.3, -0.25) is 11.3 Å². The summed E-state index contributed by atoms with van der Waals surface area (Å²) in [5.74, 6) is 5.37. The van der Waals surface area contributed by atoms with E-state index in [4.69, 9.17) is 15.3 Å². The molecule has 4 nitrogen and oxygen atoms in total. The van der Waals surface area contributed by atoms with Crippen LogP contribution >= 0.6 is 0 Å². The van der Waals surface area contributed by atoms with Crippen LogP contribution in [0.5, 0.6) is 0 Å². The van der Waals surface area contributed by atoms with Gasteiger partial charge in [-0.15, -0.1) is 6.58 Å². The zero-order valence-corrected chi connectivity index (χ0v) is 8.45. The fourth-order valence-corrected chi connectivity index (χ4v) is 1.20. The van der Waals surface area contributed by atoms with Crippen molar-refractivity contribution in [2.45, 2.75) is 31.6 Å². The first-order valence-corrected chi connectivity index (χ1v) is 4.42. The van der Waals surface area contributed by atoms with Gasteiger partial charge in [-0.05, 0) is 19.3 Å². The molecule has 78 valence electrons. The summed E-state index contributed by atoms with van der Waals surface area (Å²) in [6, 6.07) is 0.0370. The second kappa shape index (κ2) is 8.19. The minimum absolute atomic E-state index is 0.0370. The molecule has 1 unspecified atom stereocenters. The van der Waals surface area contributed by atoms with Gasteiger partial charge in [0.1, 0.15) is 0 Å². The number of hydrazine groups is 1. The molecule has 0 aliphatic carbocycles. The van der Waals surface area contributed by atoms with E-state index in [1.807, 2.05) is 6.08 Å². The Balaban J connectivity index is 3.77. The summed E-state index contributed by atoms with van der Waals surface area (Å²) in [7, 11) is 3.21. The quantitative estimate of drug-likeness (QED) is 0.194. The Hall–Kier alpha value is -0.420. The van der Waals surface area contributed by atoms with E-state index in [1.54, 1.807) is 14.2 Å². The van der Waals surface area contributed by atoms with Crippen molar-refractivity contribution in [3.05, 3.63) is 12.7 Å². The minimum Gasteiger partial charge on any atom is -0.354 e. The Labute approximate surface area is 80.1 Å². The zero-order valence-electron chi connectivity index (χ0n) is 8.45. The van der Waals surface area contributed by atoms with Gasteiger partial charge in [0.25, 0.3) is 0 Å². The summed E-state index contributed by atoms with van der Waals surface area (Å²) in [5, 5.41) is 0. The predicted molar refractivity (Wildman–Crippen MR) is 53.0 cm³/mol. The van der Waals surface area contributed by atoms with Gasteiger partial charge in [0, 0.05) is 14.2 Å². The first-order chi connectivity index (χ1) is 6.29. The standard InChI is InChI=1S/C9H20N2O2/c1-4-5-6-7-8(11-10)9(12-2)13-3/h4,8-9,11H,1,5-7,10H2,2-3H3. The molecule has 0 aliphatic rings. The topological polar surface area (TPSA) is 56.5 Å². The number of methoxy groups -OCH3 is 2. The van der Waals surface area contributed by atoms with Gasteiger partial charge >= 0.3 is 0 Å². The molecule has 4 heteroatoms. The Morgan fingerprint density at radius 1 is 1.46 bits per heavy atom. The molecule has 3 N–H and O–H groups in total. The zero-order chi connectivity index (χ0) is 10.1. The van der Waals surface area contributed by atoms with Crippen molar-refractivity contribution in [2.75, 3.05) is 14.2 Å². The Bertz CT molecular complexity index is 127. The molecule has 0 rings (SSSR count). The van der Waals surface area contributed by atoms with E-state index in [-0.39, 0.29) is 12.3 Å². The van der Waals surface area contributed by atoms with Crippen LogP contribution in [0, 0.1) is 0 Å². The number of nitrogens with two attached hydrogens (primary N) is 1. The molecular weight excluding hydrogens is 168 g/mol. The second-order valence-corrected chi connectivity index (χ2v) is 2.83. The number of hydrogen-bond donors (Lipinski definition) is 2. The van der Waals surface area contributed by atoms with Crippen LogP contribution in [0.2, 0.25) is 0 Å². The van der Waals surface area contributed by atoms with Crippen molar-refractivity contribution >= 4 is 0 Å². The molecule has 0 fully saturated rings. The monoisotopic (exact) mass is 188 g/mol. The number of ether oxygens (including phenoxy) is 2. The lowest BCUT2D eigenvalue weighted by Gasteiger charge is -2.23. The summed E-state index contributed by atoms with van der Waals surface area (Å²) < 4.78 is 10.2. The highest BCUT2D eigenvalue weighted by atomic mass is 16.7. The first-order valence-electron chi connectivity index (χ1n) is 4.42. The molecule has 0 saturated carbocycles. The van der Waals surface area contributed by atoms with Crippen LogP contribution in [0.3, 0.4) is 0 Å². The summed E-state index contributed by atoms with van der Waals surface area (Å²) in [6.07, 6.45) is 4.53. The highest BCUT2D eigenvalue weighted by molar-refractivity contribution is 4.72. The molecule has 0 aliphatic heterocycles. The predicted octanol–water partition coefficient (Wildman–Crippen LogP) is 0.794. The summed E-state index contributed by atoms with van der Waals surface area (Å²) in [6.45, 7) is 3.65. The molecule has 0 radical (unpaired) electrons. The van der Waals surface area contributed by atoms with E-state index in [0.717, 1.165) is 19.3 Å². The van der Waals surface area contributed by atoms with Crippen LogP contribution in [0.25, 0.3) is 0 Å². The molecule has 1 atom stereocenters. The minimum atomic E-state index is -0.283. The number of rotatable bonds is 8. The largest absolute Gasteiger partial charge is 0.354 e. The maximum atomic E-state index is 5.37. The van der Waals surface area contributed by atoms with Gasteiger partial charge in [-0.25, -0.2) is 0 Å². The summed E-state index contributed by atoms with van der Waals surface area (Å²) in [4.78, 5) is 0. The van der Waals surface area contributed by atoms with Gasteiger partial charge < -0.3 is 9.47 Å². The van der Waals surface area contributed by atoms with Crippen molar-refractivity contribution in [3.63, 3.8) is 0 Å². The van der Waals surface area contributed by atoms with Crippen LogP contribution in [0.15, 0.2) is 12.7 Å². The molecule has 13 heavy (non-hydrogen) atoms. The molecular formula is C9H20N2O2. The molecule has 0 aromatic carbocycles. The van der Waals surface area contributed by atoms with Crippen molar-refractivity contribution in [1.82, 2.24) is 5.43 Å². The smallest absolute Gasteiger partial charge is 0.173 e. The lowest BCUT2D eigenvalue weighted by atomic mass is 10.1. The van der Waals surface area contributed by atoms with Gasteiger partial charge in [-0.2, -0.15) is 0 Å². The highest BCUT2D eigenvalue weighted by Gasteiger charge is 2.18. The molecule has 0 spiro atoms. The third kappa shape index (κ3) is 5.00. The Kier molecular flexibility index (Phi) is 7.93. The van der Waals surface area contributed by atoms with E-state index in [0.29, 0.717) is 0 Å². The van der Waals surface area contributed by atoms with Gasteiger partial charge in [0.05, 0.1) is 6.04 Å². The molecule has 0 saturated heterocycles. The van der Waals surface area contributed by atoms with E-state index in [2.05, 4.69) is 12.0 Å². The van der Waals surface area contributed by atoms with Crippen LogP contribution in [-0.4, -0.2) is 26.6 Å². The van der Waals surface area contributed by atoms with Crippen LogP contribution in [0.1, 0.15) is 19.3 Å². The van der Waals surface area contributed by atoms with Gasteiger partial charge in [-0.1, -0.05) is 6.08 Å². The van der Waals surface area contributed by atoms with Crippen molar-refractivity contribution in [3.8, 4) is 0 Å². The van der Waals surface area contributed by atoms with E-state index >= 15 is 0 Å². The number of hydrogen-bond acceptors (Lipinski definition) is 4. The van der Waals surface area contributed by atoms with Gasteiger partial charge in [0.2, 0.25) is 0 Å². The number of allylic oxidation sites excluding steroid dienone is 1. The van der Waals surface area contributed by atoms with Crippen LogP contribution in [-0.2, 0) is 9.47 Å². The van der Waals surface area contributed by atoms with Gasteiger partial charge in [0.15, 0.2) is 6.29 Å². The lowest BCUT2D eigenvalue weighted by molar-refractivity contribution is -0.124. The maximum absolute atomic E-state index is 5.37. The van der Waals surface area contributed by atoms with Crippen molar-refractivity contribution in [2.24, 2.45) is 5.84 Å². The summed E-state index contributed by atoms with van der Waals surface area (Å²) in [5.41, 5.74) is 2.68. The second-order valence-electron chi connectivity index (χ2n) is 2.83. The normalized spacial score (nSPS) is 13.2. The first kappa shape index (κ1) is 12.6. The van der Waals surface area contributed by atoms with E-state index < -0.39 is 0 Å². The molecule has 0 aromatic heterocycles. The molecule has 0 aromatic rings. The van der Waals surface area contributed by atoms with E-state index in [1.165, 1.54) is 0 Å². The highest BCUT2D eigenvalue weighted by Crippen LogP contribution is 2.07. The Morgan fingerprint density at radius 2 is 2.08 bits per heavy atom. The average Bonchev–Trinajstić information content (AvgIpc) is 2.17. The van der Waals surface area contributed by atoms with Crippen molar-refractivity contribution < 1.29 is 9.47 Å². The Morgan fingerprint density at radius 3 is 2.46 bits per heavy atom. The van der Waals surface area contributed by atoms with Crippen LogP contribution < -0.4 is 11.3 Å². The van der Waals surface area contributed by atoms with E-state index in [9.17, 15) is 0 Å². The van der Waals surface area contributed by atoms with Crippen molar-refractivity contribution in [1.29, 1.82) is 0 Å². The number of nitrogens with one attached hydrogen (secondary N) is 1. The van der Waals surface area contributed by atoms with Crippen LogP contribution in [0.4, 0.5) is 0 Å². The molecule has 0 amide bonds. The molecule has 0 heterocycles. The maximum Gasteiger partial charge on any atom is 0.173 e. The number of unbranched alkanes of at least 4 members (excludes halogenated alkanes) is 1. The fraction of sp³-hybridized carbons (Fsp3) is 0.778. The fourth-order valence-electron chi connectivity index (χ4n) is 1.20. The SMILES string of the molecule is C=CCCCC(NN)C(OC)OC. The summed E-state index contributed by atoms with van der Waals surface area (Å²) >= 11 is 0.